The van der Waals surface area contributed by atoms with Gasteiger partial charge in [-0.15, -0.1) is 11.3 Å². The van der Waals surface area contributed by atoms with Crippen LogP contribution in [0.25, 0.3) is 0 Å². The van der Waals surface area contributed by atoms with Crippen LogP contribution in [-0.4, -0.2) is 17.3 Å². The number of ketones is 1. The van der Waals surface area contributed by atoms with Gasteiger partial charge in [0.05, 0.1) is 10.6 Å². The number of aliphatic imine (C=N–C) groups is 1. The molecule has 23 heavy (non-hydrogen) atoms. The maximum Gasteiger partial charge on any atom is 0.239 e. The monoisotopic (exact) mass is 345 g/mol. The van der Waals surface area contributed by atoms with Gasteiger partial charge in [-0.2, -0.15) is 0 Å². The highest BCUT2D eigenvalue weighted by Crippen LogP contribution is 2.41. The zero-order chi connectivity index (χ0) is 15.9. The molecule has 2 aliphatic rings. The number of thiophene rings is 1. The molecule has 118 valence electrons. The van der Waals surface area contributed by atoms with Gasteiger partial charge in [-0.25, -0.2) is 4.99 Å². The lowest BCUT2D eigenvalue weighted by atomic mass is 10.1. The Kier molecular flexibility index (Phi) is 3.62. The van der Waals surface area contributed by atoms with Crippen molar-refractivity contribution in [2.24, 2.45) is 4.99 Å². The predicted molar refractivity (Wildman–Crippen MR) is 94.4 cm³/mol. The molecule has 0 amide bonds. The number of nitrogens with zero attached hydrogens (tertiary/aromatic N) is 2. The first-order valence-corrected chi connectivity index (χ1v) is 8.94. The Morgan fingerprint density at radius 3 is 2.61 bits per heavy atom. The Balaban J connectivity index is 1.69. The van der Waals surface area contributed by atoms with Crippen LogP contribution in [0.4, 0.5) is 5.69 Å². The Bertz CT molecular complexity index is 749. The average Bonchev–Trinajstić information content (AvgIpc) is 3.30. The van der Waals surface area contributed by atoms with Gasteiger partial charge in [0.2, 0.25) is 5.78 Å². The zero-order valence-corrected chi connectivity index (χ0v) is 14.0. The molecular formula is C17H16ClN3OS. The van der Waals surface area contributed by atoms with E-state index < -0.39 is 0 Å². The number of hydrogen-bond donors (Lipinski definition) is 1. The fraction of sp³-hybridized carbons (Fsp3) is 0.294. The molecule has 1 aromatic heterocycles. The van der Waals surface area contributed by atoms with E-state index in [2.05, 4.69) is 5.43 Å². The van der Waals surface area contributed by atoms with E-state index in [1.807, 2.05) is 46.8 Å². The third-order valence-electron chi connectivity index (χ3n) is 4.40. The highest BCUT2D eigenvalue weighted by atomic mass is 35.5. The first kappa shape index (κ1) is 14.7. The van der Waals surface area contributed by atoms with Crippen molar-refractivity contribution in [1.29, 1.82) is 0 Å². The highest BCUT2D eigenvalue weighted by molar-refractivity contribution is 7.13. The molecule has 1 aromatic carbocycles. The molecule has 1 spiro atoms. The maximum atomic E-state index is 12.6. The summed E-state index contributed by atoms with van der Waals surface area (Å²) in [7, 11) is 0. The normalized spacial score (nSPS) is 19.0. The molecule has 0 bridgehead atoms. The number of benzene rings is 1. The summed E-state index contributed by atoms with van der Waals surface area (Å²) in [5, 5.41) is 4.64. The third kappa shape index (κ3) is 2.54. The molecule has 0 saturated heterocycles. The number of hydrogen-bond acceptors (Lipinski definition) is 5. The van der Waals surface area contributed by atoms with Crippen molar-refractivity contribution in [3.05, 3.63) is 51.7 Å². The van der Waals surface area contributed by atoms with Crippen molar-refractivity contribution in [1.82, 2.24) is 5.43 Å². The van der Waals surface area contributed by atoms with Gasteiger partial charge in [0.15, 0.2) is 11.5 Å². The number of Topliss-reactive ketones (excluding diaryl/α,β-unsaturated/α-hetero) is 1. The summed E-state index contributed by atoms with van der Waals surface area (Å²) < 4.78 is 0. The fourth-order valence-corrected chi connectivity index (χ4v) is 4.08. The molecule has 6 heteroatoms. The molecule has 1 fully saturated rings. The van der Waals surface area contributed by atoms with E-state index in [1.54, 1.807) is 0 Å². The summed E-state index contributed by atoms with van der Waals surface area (Å²) in [6.45, 7) is 0. The van der Waals surface area contributed by atoms with Gasteiger partial charge in [0.1, 0.15) is 0 Å². The van der Waals surface area contributed by atoms with Gasteiger partial charge >= 0.3 is 0 Å². The van der Waals surface area contributed by atoms with Gasteiger partial charge in [-0.1, -0.05) is 17.7 Å². The van der Waals surface area contributed by atoms with Crippen LogP contribution in [0, 0.1) is 0 Å². The number of carbonyl (C=O) groups excluding carboxylic acids is 1. The Hall–Kier alpha value is -1.85. The molecular weight excluding hydrogens is 330 g/mol. The second kappa shape index (κ2) is 5.65. The minimum absolute atomic E-state index is 0.0391. The van der Waals surface area contributed by atoms with Crippen molar-refractivity contribution in [3.63, 3.8) is 0 Å². The highest BCUT2D eigenvalue weighted by Gasteiger charge is 2.46. The largest absolute Gasteiger partial charge is 0.284 e. The zero-order valence-electron chi connectivity index (χ0n) is 12.5. The maximum absolute atomic E-state index is 12.6. The number of hydrazine groups is 1. The molecule has 2 aromatic rings. The van der Waals surface area contributed by atoms with E-state index >= 15 is 0 Å². The van der Waals surface area contributed by atoms with Crippen LogP contribution in [0.1, 0.15) is 35.4 Å². The molecule has 1 saturated carbocycles. The second-order valence-electron chi connectivity index (χ2n) is 5.88. The first-order chi connectivity index (χ1) is 11.2. The van der Waals surface area contributed by atoms with Crippen molar-refractivity contribution >= 4 is 40.2 Å². The summed E-state index contributed by atoms with van der Waals surface area (Å²) in [4.78, 5) is 18.2. The molecule has 2 heterocycles. The molecule has 4 nitrogen and oxygen atoms in total. The summed E-state index contributed by atoms with van der Waals surface area (Å²) in [6, 6.07) is 11.4. The van der Waals surface area contributed by atoms with Gasteiger partial charge in [-0.05, 0) is 61.4 Å². The third-order valence-corrected chi connectivity index (χ3v) is 5.52. The van der Waals surface area contributed by atoms with Crippen LogP contribution in [0.3, 0.4) is 0 Å². The fourth-order valence-electron chi connectivity index (χ4n) is 3.29. The number of anilines is 1. The number of rotatable bonds is 3. The quantitative estimate of drug-likeness (QED) is 0.844. The Labute approximate surface area is 143 Å². The number of halogens is 1. The average molecular weight is 346 g/mol. The van der Waals surface area contributed by atoms with Crippen molar-refractivity contribution in [2.45, 2.75) is 31.3 Å². The topological polar surface area (TPSA) is 44.7 Å². The van der Waals surface area contributed by atoms with E-state index in [4.69, 9.17) is 16.6 Å². The number of nitrogens with one attached hydrogen (secondary N) is 1. The van der Waals surface area contributed by atoms with E-state index in [-0.39, 0.29) is 11.4 Å². The summed E-state index contributed by atoms with van der Waals surface area (Å²) in [6.07, 6.45) is 4.14. The van der Waals surface area contributed by atoms with Gasteiger partial charge < -0.3 is 0 Å². The van der Waals surface area contributed by atoms with Crippen LogP contribution < -0.4 is 10.4 Å². The lowest BCUT2D eigenvalue weighted by Gasteiger charge is -2.33. The predicted octanol–water partition coefficient (Wildman–Crippen LogP) is 4.28. The summed E-state index contributed by atoms with van der Waals surface area (Å²) >= 11 is 7.44. The molecule has 4 rings (SSSR count). The molecule has 0 radical (unpaired) electrons. The molecule has 1 aliphatic heterocycles. The summed E-state index contributed by atoms with van der Waals surface area (Å²) in [5.41, 5.74) is 3.87. The van der Waals surface area contributed by atoms with E-state index in [0.29, 0.717) is 15.7 Å². The van der Waals surface area contributed by atoms with E-state index in [0.717, 1.165) is 31.4 Å². The van der Waals surface area contributed by atoms with Crippen molar-refractivity contribution in [2.75, 3.05) is 5.01 Å². The van der Waals surface area contributed by atoms with Crippen LogP contribution >= 0.6 is 22.9 Å². The van der Waals surface area contributed by atoms with E-state index in [9.17, 15) is 4.79 Å². The van der Waals surface area contributed by atoms with Crippen LogP contribution in [0.5, 0.6) is 0 Å². The smallest absolute Gasteiger partial charge is 0.239 e. The van der Waals surface area contributed by atoms with Crippen molar-refractivity contribution in [3.8, 4) is 0 Å². The number of carbonyl (C=O) groups is 1. The molecule has 1 aliphatic carbocycles. The standard InChI is InChI=1S/C17H16ClN3OS/c18-12-5-7-13(8-6-12)21-17(9-1-2-10-17)19-16(20-21)15(22)14-4-3-11-23-14/h3-8,11H,1-2,9-10H2,(H,19,20). The van der Waals surface area contributed by atoms with E-state index in [1.165, 1.54) is 11.3 Å². The van der Waals surface area contributed by atoms with Gasteiger partial charge in [-0.3, -0.25) is 15.2 Å². The molecule has 0 atom stereocenters. The molecule has 0 unspecified atom stereocenters. The first-order valence-electron chi connectivity index (χ1n) is 7.68. The van der Waals surface area contributed by atoms with Gasteiger partial charge in [0, 0.05) is 5.02 Å². The lowest BCUT2D eigenvalue weighted by Crippen LogP contribution is -2.49. The van der Waals surface area contributed by atoms with Crippen LogP contribution in [-0.2, 0) is 0 Å². The SMILES string of the molecule is O=C(C1=NC2(CCCC2)N(c2ccc(Cl)cc2)N1)c1cccs1. The lowest BCUT2D eigenvalue weighted by molar-refractivity contribution is 0.106. The summed E-state index contributed by atoms with van der Waals surface area (Å²) in [5.74, 6) is 0.395. The number of amidine groups is 1. The van der Waals surface area contributed by atoms with Gasteiger partial charge in [0.25, 0.3) is 0 Å². The Morgan fingerprint density at radius 2 is 1.96 bits per heavy atom. The second-order valence-corrected chi connectivity index (χ2v) is 7.26. The van der Waals surface area contributed by atoms with Crippen LogP contribution in [0.15, 0.2) is 46.8 Å². The minimum atomic E-state index is -0.351. The van der Waals surface area contributed by atoms with Crippen LogP contribution in [0.2, 0.25) is 5.02 Å². The Morgan fingerprint density at radius 1 is 1.22 bits per heavy atom. The molecule has 1 N–H and O–H groups in total. The minimum Gasteiger partial charge on any atom is -0.284 e. The van der Waals surface area contributed by atoms with Crippen molar-refractivity contribution < 1.29 is 4.79 Å².